The van der Waals surface area contributed by atoms with Crippen LogP contribution in [0.25, 0.3) is 0 Å². The van der Waals surface area contributed by atoms with Gasteiger partial charge in [-0.05, 0) is 0 Å². The summed E-state index contributed by atoms with van der Waals surface area (Å²) in [6.45, 7) is 0. The number of hydrogen-bond acceptors (Lipinski definition) is 4. The van der Waals surface area contributed by atoms with Gasteiger partial charge < -0.3 is 19.8 Å². The van der Waals surface area contributed by atoms with Crippen molar-refractivity contribution in [3.05, 3.63) is 0 Å². The number of carboxylic acids is 2. The maximum Gasteiger partial charge on any atom is 2.00 e. The van der Waals surface area contributed by atoms with Gasteiger partial charge in [-0.25, -0.2) is 0 Å². The van der Waals surface area contributed by atoms with Crippen molar-refractivity contribution in [3.63, 3.8) is 0 Å². The summed E-state index contributed by atoms with van der Waals surface area (Å²) in [6.07, 6.45) is 0. The molecule has 0 aromatic carbocycles. The van der Waals surface area contributed by atoms with E-state index in [1.165, 1.54) is 0 Å². The largest absolute Gasteiger partial charge is 2.00 e. The van der Waals surface area contributed by atoms with E-state index in [9.17, 15) is 0 Å². The van der Waals surface area contributed by atoms with E-state index >= 15 is 0 Å². The normalized spacial score (nSPS) is 5.50. The van der Waals surface area contributed by atoms with Crippen molar-refractivity contribution in [2.45, 2.75) is 0 Å². The van der Waals surface area contributed by atoms with Gasteiger partial charge in [-0.3, -0.25) is 0 Å². The molecule has 0 N–H and O–H groups in total. The molecule has 0 aromatic rings. The fourth-order valence-corrected chi connectivity index (χ4v) is 0. The molecule has 0 fully saturated rings. The van der Waals surface area contributed by atoms with E-state index in [-0.39, 0.29) is 70.6 Å². The first kappa shape index (κ1) is 16.1. The Morgan fingerprint density at radius 3 is 1.12 bits per heavy atom. The molecule has 0 aromatic heterocycles. The van der Waals surface area contributed by atoms with Gasteiger partial charge in [0.2, 0.25) is 0 Å². The summed E-state index contributed by atoms with van der Waals surface area (Å²) in [5.74, 6) is -4.37. The van der Waals surface area contributed by atoms with E-state index < -0.39 is 11.9 Å². The predicted molar refractivity (Wildman–Crippen MR) is 15.8 cm³/mol. The van der Waals surface area contributed by atoms with Crippen LogP contribution in [0.4, 0.5) is 0 Å². The van der Waals surface area contributed by atoms with Crippen LogP contribution in [0.3, 0.4) is 0 Å². The van der Waals surface area contributed by atoms with E-state index in [2.05, 4.69) is 0 Å². The van der Waals surface area contributed by atoms with Crippen LogP contribution in [0.5, 0.6) is 0 Å². The first-order valence-electron chi connectivity index (χ1n) is 1.07. The third-order valence-electron chi connectivity index (χ3n) is 0.167. The molecule has 0 saturated heterocycles. The zero-order valence-corrected chi connectivity index (χ0v) is 9.84. The van der Waals surface area contributed by atoms with Gasteiger partial charge in [-0.1, -0.05) is 0 Å². The molecule has 8 heavy (non-hydrogen) atoms. The average molecular weight is 273 g/mol. The second-order valence-electron chi connectivity index (χ2n) is 0.575. The second-order valence-corrected chi connectivity index (χ2v) is 0.575. The van der Waals surface area contributed by atoms with Crippen molar-refractivity contribution >= 4 is 60.8 Å². The molecule has 0 heterocycles. The molecule has 0 aliphatic carbocycles. The van der Waals surface area contributed by atoms with Gasteiger partial charge in [0.25, 0.3) is 0 Å². The van der Waals surface area contributed by atoms with Gasteiger partial charge >= 0.3 is 48.9 Å². The Morgan fingerprint density at radius 1 is 1.00 bits per heavy atom. The van der Waals surface area contributed by atoms with E-state index in [1.54, 1.807) is 0 Å². The molecule has 0 aliphatic rings. The Balaban J connectivity index is -0.000000125. The maximum atomic E-state index is 8.93. The number of carboxylic acid groups (broad SMARTS) is 2. The number of aliphatic carboxylic acids is 2. The van der Waals surface area contributed by atoms with Crippen LogP contribution >= 0.6 is 0 Å². The van der Waals surface area contributed by atoms with Gasteiger partial charge in [-0.15, -0.1) is 0 Å². The molecule has 0 saturated carbocycles. The Bertz CT molecular complexity index is 80.0. The minimum Gasteiger partial charge on any atom is -0.543 e. The summed E-state index contributed by atoms with van der Waals surface area (Å²) in [7, 11) is 0. The molecular weight excluding hydrogens is 273 g/mol. The van der Waals surface area contributed by atoms with Crippen LogP contribution in [0.15, 0.2) is 0 Å². The van der Waals surface area contributed by atoms with Gasteiger partial charge in [0.1, 0.15) is 0 Å². The van der Waals surface area contributed by atoms with Crippen LogP contribution in [0.1, 0.15) is 0 Å². The Labute approximate surface area is 101 Å². The van der Waals surface area contributed by atoms with E-state index in [4.69, 9.17) is 19.8 Å². The number of hydrogen-bond donors (Lipinski definition) is 0. The number of carbonyl (C=O) groups excluding carboxylic acids is 2. The summed E-state index contributed by atoms with van der Waals surface area (Å²) >= 11 is 0. The topological polar surface area (TPSA) is 80.3 Å². The molecule has 0 aliphatic heterocycles. The van der Waals surface area contributed by atoms with E-state index in [1.807, 2.05) is 0 Å². The minimum absolute atomic E-state index is 0. The Morgan fingerprint density at radius 2 is 1.12 bits per heavy atom. The molecule has 6 heteroatoms. The molecule has 4 nitrogen and oxygen atoms in total. The van der Waals surface area contributed by atoms with Crippen LogP contribution in [-0.2, 0) is 31.3 Å². The zero-order valence-electron chi connectivity index (χ0n) is 3.84. The molecule has 0 radical (unpaired) electrons. The van der Waals surface area contributed by atoms with Crippen molar-refractivity contribution in [1.29, 1.82) is 0 Å². The fraction of sp³-hybridized carbons (Fsp3) is 0. The van der Waals surface area contributed by atoms with Crippen molar-refractivity contribution in [2.24, 2.45) is 0 Å². The predicted octanol–water partition coefficient (Wildman–Crippen LogP) is -3.90. The molecule has 0 atom stereocenters. The third-order valence-corrected chi connectivity index (χ3v) is 0.167. The number of rotatable bonds is 0. The Hall–Kier alpha value is 1.23. The van der Waals surface area contributed by atoms with Crippen molar-refractivity contribution in [3.8, 4) is 0 Å². The summed E-state index contributed by atoms with van der Waals surface area (Å²) in [5.41, 5.74) is 0. The molecule has 0 rings (SSSR count). The Kier molecular flexibility index (Phi) is 16.6. The van der Waals surface area contributed by atoms with Gasteiger partial charge in [0, 0.05) is 21.7 Å². The van der Waals surface area contributed by atoms with Crippen LogP contribution in [0.2, 0.25) is 0 Å². The molecule has 38 valence electrons. The smallest absolute Gasteiger partial charge is 0.543 e. The van der Waals surface area contributed by atoms with Crippen molar-refractivity contribution in [2.75, 3.05) is 0 Å². The standard InChI is InChI=1S/C2H2O4.Ba.Ti/c3-1(4)2(5)6;;/h(H,3,4)(H,5,6);;/q;+2;/p-2. The first-order chi connectivity index (χ1) is 2.64. The van der Waals surface area contributed by atoms with Crippen molar-refractivity contribution in [1.82, 2.24) is 0 Å². The number of carbonyl (C=O) groups is 2. The van der Waals surface area contributed by atoms with Crippen molar-refractivity contribution < 1.29 is 41.5 Å². The third kappa shape index (κ3) is 10.3. The maximum absolute atomic E-state index is 8.93. The van der Waals surface area contributed by atoms with Crippen LogP contribution in [0, 0.1) is 0 Å². The fourth-order valence-electron chi connectivity index (χ4n) is 0. The summed E-state index contributed by atoms with van der Waals surface area (Å²) in [4.78, 5) is 17.9. The van der Waals surface area contributed by atoms with E-state index in [0.29, 0.717) is 0 Å². The molecule has 0 amide bonds. The zero-order chi connectivity index (χ0) is 5.15. The van der Waals surface area contributed by atoms with Gasteiger partial charge in [0.05, 0.1) is 11.9 Å². The summed E-state index contributed by atoms with van der Waals surface area (Å²) in [6, 6.07) is 0. The molecule has 0 bridgehead atoms. The average Bonchev–Trinajstić information content (AvgIpc) is 1.36. The van der Waals surface area contributed by atoms with Crippen LogP contribution in [-0.4, -0.2) is 60.8 Å². The molecular formula is C2BaO4Ti. The summed E-state index contributed by atoms with van der Waals surface area (Å²) < 4.78 is 0. The monoisotopic (exact) mass is 274 g/mol. The van der Waals surface area contributed by atoms with Gasteiger partial charge in [-0.2, -0.15) is 0 Å². The van der Waals surface area contributed by atoms with E-state index in [0.717, 1.165) is 0 Å². The van der Waals surface area contributed by atoms with Crippen LogP contribution < -0.4 is 10.2 Å². The summed E-state index contributed by atoms with van der Waals surface area (Å²) in [5, 5.41) is 17.9. The van der Waals surface area contributed by atoms with Gasteiger partial charge in [0.15, 0.2) is 0 Å². The SMILES string of the molecule is O=C([O-])C(=O)[O-].[Ba+2].[Ti]. The second kappa shape index (κ2) is 8.23. The molecule has 0 unspecified atom stereocenters. The first-order valence-corrected chi connectivity index (χ1v) is 1.07. The quantitative estimate of drug-likeness (QED) is 0.334. The molecule has 0 spiro atoms. The minimum atomic E-state index is -2.19.